The quantitative estimate of drug-likeness (QED) is 0.947. The van der Waals surface area contributed by atoms with Gasteiger partial charge in [-0.2, -0.15) is 0 Å². The van der Waals surface area contributed by atoms with Gasteiger partial charge in [0.05, 0.1) is 20.3 Å². The summed E-state index contributed by atoms with van der Waals surface area (Å²) in [7, 11) is 3.17. The van der Waals surface area contributed by atoms with Gasteiger partial charge in [-0.05, 0) is 19.1 Å². The third-order valence-electron chi connectivity index (χ3n) is 4.21. The fourth-order valence-corrected chi connectivity index (χ4v) is 2.93. The van der Waals surface area contributed by atoms with E-state index in [4.69, 9.17) is 9.47 Å². The summed E-state index contributed by atoms with van der Waals surface area (Å²) in [6.45, 7) is 3.52. The van der Waals surface area contributed by atoms with Crippen molar-refractivity contribution in [2.24, 2.45) is 0 Å². The number of hydrogen-bond acceptors (Lipinski definition) is 3. The molecule has 2 amide bonds. The minimum absolute atomic E-state index is 0.0336. The summed E-state index contributed by atoms with van der Waals surface area (Å²) in [5.74, 6) is 1.28. The number of anilines is 1. The number of methoxy groups -OCH3 is 2. The van der Waals surface area contributed by atoms with Crippen molar-refractivity contribution in [1.29, 1.82) is 0 Å². The van der Waals surface area contributed by atoms with Crippen LogP contribution in [0.5, 0.6) is 11.5 Å². The smallest absolute Gasteiger partial charge is 0.322 e. The molecule has 0 aliphatic carbocycles. The summed E-state index contributed by atoms with van der Waals surface area (Å²) in [6.07, 6.45) is 2.05. The number of amides is 2. The third kappa shape index (κ3) is 2.97. The first kappa shape index (κ1) is 15.3. The van der Waals surface area contributed by atoms with Gasteiger partial charge in [-0.3, -0.25) is 0 Å². The van der Waals surface area contributed by atoms with E-state index in [9.17, 15) is 4.79 Å². The predicted molar refractivity (Wildman–Crippen MR) is 88.1 cm³/mol. The molecular weight excluding hydrogens is 294 g/mol. The van der Waals surface area contributed by atoms with Crippen LogP contribution in [0.3, 0.4) is 0 Å². The van der Waals surface area contributed by atoms with Crippen molar-refractivity contribution >= 4 is 11.7 Å². The first-order valence-electron chi connectivity index (χ1n) is 7.58. The number of aromatic nitrogens is 1. The van der Waals surface area contributed by atoms with Gasteiger partial charge in [0.2, 0.25) is 0 Å². The predicted octanol–water partition coefficient (Wildman–Crippen LogP) is 3.11. The Kier molecular flexibility index (Phi) is 4.14. The number of fused-ring (bicyclic) bond motifs is 1. The zero-order valence-corrected chi connectivity index (χ0v) is 13.6. The molecule has 0 unspecified atom stereocenters. The lowest BCUT2D eigenvalue weighted by molar-refractivity contribution is 0.175. The van der Waals surface area contributed by atoms with Gasteiger partial charge >= 0.3 is 6.03 Å². The van der Waals surface area contributed by atoms with Crippen LogP contribution in [0, 0.1) is 0 Å². The molecular formula is C17H21N3O3. The summed E-state index contributed by atoms with van der Waals surface area (Å²) in [5.41, 5.74) is 1.80. The number of carbonyl (C=O) groups excluding carboxylic acids is 1. The summed E-state index contributed by atoms with van der Waals surface area (Å²) < 4.78 is 12.7. The molecule has 6 heteroatoms. The first-order chi connectivity index (χ1) is 11.1. The molecule has 6 nitrogen and oxygen atoms in total. The maximum atomic E-state index is 12.6. The van der Waals surface area contributed by atoms with Crippen LogP contribution >= 0.6 is 0 Å². The largest absolute Gasteiger partial charge is 0.497 e. The average molecular weight is 315 g/mol. The van der Waals surface area contributed by atoms with E-state index in [1.54, 1.807) is 32.4 Å². The second-order valence-corrected chi connectivity index (χ2v) is 5.53. The number of hydrogen-bond donors (Lipinski definition) is 1. The van der Waals surface area contributed by atoms with Crippen molar-refractivity contribution in [2.45, 2.75) is 19.5 Å². The summed E-state index contributed by atoms with van der Waals surface area (Å²) in [6, 6.07) is 9.30. The van der Waals surface area contributed by atoms with Crippen molar-refractivity contribution in [2.75, 3.05) is 26.1 Å². The van der Waals surface area contributed by atoms with E-state index >= 15 is 0 Å². The Morgan fingerprint density at radius 2 is 1.87 bits per heavy atom. The Hall–Kier alpha value is -2.63. The number of benzene rings is 1. The van der Waals surface area contributed by atoms with Crippen molar-refractivity contribution in [3.05, 3.63) is 42.2 Å². The number of rotatable bonds is 3. The molecule has 2 aromatic rings. The van der Waals surface area contributed by atoms with Crippen LogP contribution in [0.4, 0.5) is 10.5 Å². The number of carbonyl (C=O) groups is 1. The molecule has 0 fully saturated rings. The monoisotopic (exact) mass is 315 g/mol. The molecule has 1 N–H and O–H groups in total. The maximum absolute atomic E-state index is 12.6. The standard InChI is InChI=1S/C17H21N3O3/c1-12-16-5-4-6-19(16)7-8-20(12)17(21)18-13-9-14(22-2)11-15(10-13)23-3/h4-6,9-12H,7-8H2,1-3H3,(H,18,21)/t12-/m1/s1. The highest BCUT2D eigenvalue weighted by Gasteiger charge is 2.27. The van der Waals surface area contributed by atoms with Crippen LogP contribution < -0.4 is 14.8 Å². The molecule has 0 saturated heterocycles. The molecule has 1 atom stereocenters. The van der Waals surface area contributed by atoms with Gasteiger partial charge in [0.1, 0.15) is 11.5 Å². The second-order valence-electron chi connectivity index (χ2n) is 5.53. The van der Waals surface area contributed by atoms with Crippen LogP contribution in [0.25, 0.3) is 0 Å². The number of nitrogens with one attached hydrogen (secondary N) is 1. The van der Waals surface area contributed by atoms with Gasteiger partial charge < -0.3 is 24.3 Å². The Labute approximate surface area is 135 Å². The highest BCUT2D eigenvalue weighted by molar-refractivity contribution is 5.90. The third-order valence-corrected chi connectivity index (χ3v) is 4.21. The first-order valence-corrected chi connectivity index (χ1v) is 7.58. The average Bonchev–Trinajstić information content (AvgIpc) is 3.04. The second kappa shape index (κ2) is 6.24. The molecule has 1 aromatic carbocycles. The number of urea groups is 1. The molecule has 3 rings (SSSR count). The Morgan fingerprint density at radius 3 is 2.52 bits per heavy atom. The van der Waals surface area contributed by atoms with Gasteiger partial charge in [0.25, 0.3) is 0 Å². The molecule has 2 heterocycles. The van der Waals surface area contributed by atoms with Gasteiger partial charge in [0, 0.05) is 48.9 Å². The van der Waals surface area contributed by atoms with Crippen LogP contribution in [0.2, 0.25) is 0 Å². The molecule has 1 aliphatic heterocycles. The minimum atomic E-state index is -0.125. The Balaban J connectivity index is 1.77. The van der Waals surface area contributed by atoms with Crippen molar-refractivity contribution < 1.29 is 14.3 Å². The summed E-state index contributed by atoms with van der Waals surface area (Å²) in [5, 5.41) is 2.93. The number of nitrogens with zero attached hydrogens (tertiary/aromatic N) is 2. The van der Waals surface area contributed by atoms with Crippen LogP contribution in [-0.4, -0.2) is 36.3 Å². The molecule has 23 heavy (non-hydrogen) atoms. The topological polar surface area (TPSA) is 55.7 Å². The molecule has 0 bridgehead atoms. The lowest BCUT2D eigenvalue weighted by Crippen LogP contribution is -2.43. The fourth-order valence-electron chi connectivity index (χ4n) is 2.93. The minimum Gasteiger partial charge on any atom is -0.497 e. The van der Waals surface area contributed by atoms with Gasteiger partial charge in [-0.1, -0.05) is 0 Å². The van der Waals surface area contributed by atoms with E-state index in [-0.39, 0.29) is 12.1 Å². The fraction of sp³-hybridized carbons (Fsp3) is 0.353. The summed E-state index contributed by atoms with van der Waals surface area (Å²) >= 11 is 0. The molecule has 1 aliphatic rings. The van der Waals surface area contributed by atoms with Gasteiger partial charge in [-0.15, -0.1) is 0 Å². The molecule has 1 aromatic heterocycles. The van der Waals surface area contributed by atoms with Crippen LogP contribution in [0.1, 0.15) is 18.7 Å². The Morgan fingerprint density at radius 1 is 1.17 bits per heavy atom. The Bertz CT molecular complexity index is 689. The number of ether oxygens (including phenoxy) is 2. The highest BCUT2D eigenvalue weighted by Crippen LogP contribution is 2.28. The SMILES string of the molecule is COc1cc(NC(=O)N2CCn3cccc3[C@H]2C)cc(OC)c1. The molecule has 0 spiro atoms. The van der Waals surface area contributed by atoms with Crippen molar-refractivity contribution in [3.63, 3.8) is 0 Å². The van der Waals surface area contributed by atoms with Gasteiger partial charge in [0.15, 0.2) is 0 Å². The van der Waals surface area contributed by atoms with Gasteiger partial charge in [-0.25, -0.2) is 4.79 Å². The molecule has 0 saturated carbocycles. The van der Waals surface area contributed by atoms with Crippen LogP contribution in [0.15, 0.2) is 36.5 Å². The lowest BCUT2D eigenvalue weighted by Gasteiger charge is -2.34. The zero-order valence-electron chi connectivity index (χ0n) is 13.6. The lowest BCUT2D eigenvalue weighted by atomic mass is 10.1. The van der Waals surface area contributed by atoms with Crippen LogP contribution in [-0.2, 0) is 6.54 Å². The molecule has 0 radical (unpaired) electrons. The maximum Gasteiger partial charge on any atom is 0.322 e. The normalized spacial score (nSPS) is 16.7. The van der Waals surface area contributed by atoms with E-state index in [1.165, 1.54) is 0 Å². The van der Waals surface area contributed by atoms with E-state index in [2.05, 4.69) is 16.0 Å². The van der Waals surface area contributed by atoms with Crippen molar-refractivity contribution in [3.8, 4) is 11.5 Å². The van der Waals surface area contributed by atoms with E-state index in [1.807, 2.05) is 24.1 Å². The highest BCUT2D eigenvalue weighted by atomic mass is 16.5. The van der Waals surface area contributed by atoms with E-state index in [0.717, 1.165) is 12.2 Å². The zero-order chi connectivity index (χ0) is 16.4. The molecule has 122 valence electrons. The van der Waals surface area contributed by atoms with E-state index < -0.39 is 0 Å². The van der Waals surface area contributed by atoms with Crippen molar-refractivity contribution in [1.82, 2.24) is 9.47 Å². The summed E-state index contributed by atoms with van der Waals surface area (Å²) in [4.78, 5) is 14.5. The van der Waals surface area contributed by atoms with E-state index in [0.29, 0.717) is 23.7 Å².